The first kappa shape index (κ1) is 25.2. The van der Waals surface area contributed by atoms with Crippen LogP contribution in [0, 0.1) is 0 Å². The number of anilines is 2. The van der Waals surface area contributed by atoms with Crippen LogP contribution < -0.4 is 24.4 Å². The van der Waals surface area contributed by atoms with Gasteiger partial charge in [-0.25, -0.2) is 0 Å². The molecule has 0 aliphatic carbocycles. The maximum absolute atomic E-state index is 13.9. The lowest BCUT2D eigenvalue weighted by Crippen LogP contribution is -2.52. The molecule has 1 aliphatic heterocycles. The van der Waals surface area contributed by atoms with E-state index in [4.69, 9.17) is 14.2 Å². The first-order chi connectivity index (χ1) is 16.1. The number of rotatable bonds is 7. The van der Waals surface area contributed by atoms with Gasteiger partial charge in [0.1, 0.15) is 6.04 Å². The van der Waals surface area contributed by atoms with E-state index in [1.54, 1.807) is 30.1 Å². The van der Waals surface area contributed by atoms with Crippen molar-refractivity contribution in [2.24, 2.45) is 0 Å². The molecular formula is C23H26F3N3O5. The van der Waals surface area contributed by atoms with Gasteiger partial charge in [0.25, 0.3) is 0 Å². The summed E-state index contributed by atoms with van der Waals surface area (Å²) in [5.41, 5.74) is 0.797. The van der Waals surface area contributed by atoms with Crippen molar-refractivity contribution in [3.05, 3.63) is 42.0 Å². The van der Waals surface area contributed by atoms with Crippen molar-refractivity contribution < 1.29 is 37.0 Å². The highest BCUT2D eigenvalue weighted by molar-refractivity contribution is 6.05. The molecule has 2 amide bonds. The summed E-state index contributed by atoms with van der Waals surface area (Å²) in [5.74, 6) is -0.399. The van der Waals surface area contributed by atoms with E-state index < -0.39 is 30.5 Å². The zero-order chi connectivity index (χ0) is 25.0. The molecule has 184 valence electrons. The second kappa shape index (κ2) is 10.2. The molecule has 1 aliphatic rings. The van der Waals surface area contributed by atoms with Crippen LogP contribution in [0.3, 0.4) is 0 Å². The Hall–Kier alpha value is -3.47. The van der Waals surface area contributed by atoms with Crippen molar-refractivity contribution in [2.75, 3.05) is 45.1 Å². The third kappa shape index (κ3) is 5.19. The minimum absolute atomic E-state index is 0.00206. The van der Waals surface area contributed by atoms with E-state index in [9.17, 15) is 22.8 Å². The van der Waals surface area contributed by atoms with Gasteiger partial charge in [-0.2, -0.15) is 13.2 Å². The van der Waals surface area contributed by atoms with Gasteiger partial charge in [-0.3, -0.25) is 19.4 Å². The molecular weight excluding hydrogens is 455 g/mol. The monoisotopic (exact) mass is 481 g/mol. The Bertz CT molecular complexity index is 1060. The third-order valence-electron chi connectivity index (χ3n) is 5.41. The van der Waals surface area contributed by atoms with Crippen molar-refractivity contribution in [1.29, 1.82) is 0 Å². The Morgan fingerprint density at radius 2 is 1.76 bits per heavy atom. The van der Waals surface area contributed by atoms with Gasteiger partial charge in [-0.1, -0.05) is 18.2 Å². The van der Waals surface area contributed by atoms with Crippen molar-refractivity contribution in [2.45, 2.75) is 25.2 Å². The number of hydrogen-bond donors (Lipinski definition) is 1. The van der Waals surface area contributed by atoms with E-state index in [1.807, 2.05) is 0 Å². The van der Waals surface area contributed by atoms with E-state index in [-0.39, 0.29) is 24.5 Å². The van der Waals surface area contributed by atoms with Crippen molar-refractivity contribution in [3.63, 3.8) is 0 Å². The summed E-state index contributed by atoms with van der Waals surface area (Å²) in [6, 6.07) is 7.05. The van der Waals surface area contributed by atoms with Crippen LogP contribution in [0.2, 0.25) is 0 Å². The Balaban J connectivity index is 1.89. The van der Waals surface area contributed by atoms with E-state index >= 15 is 0 Å². The van der Waals surface area contributed by atoms with Gasteiger partial charge in [0.05, 0.1) is 45.7 Å². The van der Waals surface area contributed by atoms with Crippen LogP contribution >= 0.6 is 0 Å². The van der Waals surface area contributed by atoms with Crippen molar-refractivity contribution in [1.82, 2.24) is 4.90 Å². The van der Waals surface area contributed by atoms with Gasteiger partial charge in [-0.05, 0) is 25.2 Å². The predicted molar refractivity (Wildman–Crippen MR) is 119 cm³/mol. The number of fused-ring (bicyclic) bond motifs is 1. The van der Waals surface area contributed by atoms with Gasteiger partial charge < -0.3 is 19.5 Å². The van der Waals surface area contributed by atoms with Gasteiger partial charge >= 0.3 is 6.18 Å². The maximum atomic E-state index is 13.9. The summed E-state index contributed by atoms with van der Waals surface area (Å²) in [4.78, 5) is 27.6. The Kier molecular flexibility index (Phi) is 7.55. The number of carbonyl (C=O) groups excluding carboxylic acids is 2. The molecule has 34 heavy (non-hydrogen) atoms. The first-order valence-electron chi connectivity index (χ1n) is 10.3. The van der Waals surface area contributed by atoms with Crippen LogP contribution in [0.15, 0.2) is 36.4 Å². The molecule has 11 heteroatoms. The zero-order valence-corrected chi connectivity index (χ0v) is 19.2. The van der Waals surface area contributed by atoms with Crippen LogP contribution in [0.4, 0.5) is 24.5 Å². The number of nitrogens with one attached hydrogen (secondary N) is 1. The lowest BCUT2D eigenvalue weighted by atomic mass is 10.1. The summed E-state index contributed by atoms with van der Waals surface area (Å²) < 4.78 is 57.8. The smallest absolute Gasteiger partial charge is 0.409 e. The average Bonchev–Trinajstić information content (AvgIpc) is 2.94. The average molecular weight is 481 g/mol. The third-order valence-corrected chi connectivity index (χ3v) is 5.41. The highest BCUT2D eigenvalue weighted by Gasteiger charge is 2.49. The molecule has 0 fully saturated rings. The van der Waals surface area contributed by atoms with E-state index in [0.29, 0.717) is 27.7 Å². The Morgan fingerprint density at radius 1 is 1.09 bits per heavy atom. The van der Waals surface area contributed by atoms with Gasteiger partial charge in [-0.15, -0.1) is 0 Å². The molecule has 0 saturated carbocycles. The first-order valence-corrected chi connectivity index (χ1v) is 10.3. The van der Waals surface area contributed by atoms with E-state index in [0.717, 1.165) is 0 Å². The van der Waals surface area contributed by atoms with Crippen molar-refractivity contribution in [3.8, 4) is 17.2 Å². The second-order valence-electron chi connectivity index (χ2n) is 7.76. The lowest BCUT2D eigenvalue weighted by Gasteiger charge is -2.33. The van der Waals surface area contributed by atoms with Crippen molar-refractivity contribution >= 4 is 23.2 Å². The van der Waals surface area contributed by atoms with E-state index in [1.165, 1.54) is 39.5 Å². The largest absolute Gasteiger partial charge is 0.493 e. The van der Waals surface area contributed by atoms with Gasteiger partial charge in [0, 0.05) is 12.1 Å². The molecule has 1 N–H and O–H groups in total. The summed E-state index contributed by atoms with van der Waals surface area (Å²) in [6.07, 6.45) is -5.69. The molecule has 1 unspecified atom stereocenters. The molecule has 1 heterocycles. The molecule has 8 nitrogen and oxygen atoms in total. The van der Waals surface area contributed by atoms with Gasteiger partial charge in [0.2, 0.25) is 17.6 Å². The van der Waals surface area contributed by atoms with Crippen LogP contribution in [-0.2, 0) is 16.1 Å². The molecule has 2 aromatic rings. The highest BCUT2D eigenvalue weighted by atomic mass is 19.4. The molecule has 2 aromatic carbocycles. The molecule has 1 atom stereocenters. The van der Waals surface area contributed by atoms with Crippen LogP contribution in [-0.4, -0.2) is 63.9 Å². The summed E-state index contributed by atoms with van der Waals surface area (Å²) in [6.45, 7) is -0.161. The second-order valence-corrected chi connectivity index (χ2v) is 7.76. The Morgan fingerprint density at radius 3 is 2.38 bits per heavy atom. The molecule has 0 spiro atoms. The molecule has 0 saturated heterocycles. The van der Waals surface area contributed by atoms with Crippen LogP contribution in [0.25, 0.3) is 0 Å². The summed E-state index contributed by atoms with van der Waals surface area (Å²) in [5, 5.41) is 2.45. The number of para-hydroxylation sites is 2. The maximum Gasteiger partial charge on any atom is 0.409 e. The fourth-order valence-corrected chi connectivity index (χ4v) is 3.94. The van der Waals surface area contributed by atoms with Gasteiger partial charge in [0.15, 0.2) is 11.5 Å². The quantitative estimate of drug-likeness (QED) is 0.653. The number of methoxy groups -OCH3 is 3. The number of amides is 2. The number of halogens is 3. The number of alkyl halides is 3. The molecule has 0 aromatic heterocycles. The number of ether oxygens (including phenoxy) is 3. The lowest BCUT2D eigenvalue weighted by molar-refractivity contribution is -0.158. The normalized spacial score (nSPS) is 15.9. The van der Waals surface area contributed by atoms with Crippen LogP contribution in [0.5, 0.6) is 17.2 Å². The highest BCUT2D eigenvalue weighted by Crippen LogP contribution is 2.40. The summed E-state index contributed by atoms with van der Waals surface area (Å²) >= 11 is 0. The number of nitrogens with zero attached hydrogens (tertiary/aromatic N) is 2. The minimum Gasteiger partial charge on any atom is -0.493 e. The fraction of sp³-hybridized carbons (Fsp3) is 0.391. The topological polar surface area (TPSA) is 80.3 Å². The molecule has 0 radical (unpaired) electrons. The number of carbonyl (C=O) groups is 2. The Labute approximate surface area is 195 Å². The number of hydrogen-bond acceptors (Lipinski definition) is 6. The van der Waals surface area contributed by atoms with E-state index in [2.05, 4.69) is 5.32 Å². The zero-order valence-electron chi connectivity index (χ0n) is 19.2. The number of benzene rings is 2. The molecule has 3 rings (SSSR count). The predicted octanol–water partition coefficient (Wildman–Crippen LogP) is 3.45. The SMILES string of the molecule is COc1ccc(CN(C)CC(=O)N2c3ccccc3NC(=O)CC2C(F)(F)F)c(OC)c1OC. The minimum atomic E-state index is -4.80. The molecule has 0 bridgehead atoms. The van der Waals surface area contributed by atoms with Crippen LogP contribution in [0.1, 0.15) is 12.0 Å². The standard InChI is InChI=1S/C23H26F3N3O5/c1-28(12-14-9-10-17(32-2)22(34-4)21(14)33-3)13-20(31)29-16-8-6-5-7-15(16)27-19(30)11-18(29)23(24,25)26/h5-10,18H,11-13H2,1-4H3,(H,27,30). The summed E-state index contributed by atoms with van der Waals surface area (Å²) in [7, 11) is 6.00. The fourth-order valence-electron chi connectivity index (χ4n) is 3.94. The number of likely N-dealkylation sites (N-methyl/N-ethyl adjacent to an activating group) is 1.